The van der Waals surface area contributed by atoms with E-state index >= 15 is 8.78 Å². The van der Waals surface area contributed by atoms with Crippen molar-refractivity contribution in [2.24, 2.45) is 0 Å². The molecule has 1 N–H and O–H groups in total. The van der Waals surface area contributed by atoms with Gasteiger partial charge in [0.15, 0.2) is 5.65 Å². The summed E-state index contributed by atoms with van der Waals surface area (Å²) < 4.78 is 44.3. The number of aryl methyl sites for hydroxylation is 1. The van der Waals surface area contributed by atoms with Crippen LogP contribution in [0.25, 0.3) is 28.0 Å². The molecule has 0 saturated heterocycles. The van der Waals surface area contributed by atoms with E-state index in [-0.39, 0.29) is 11.6 Å². The van der Waals surface area contributed by atoms with Gasteiger partial charge in [-0.15, -0.1) is 0 Å². The summed E-state index contributed by atoms with van der Waals surface area (Å²) in [7, 11) is 5.62. The Hall–Kier alpha value is -5.03. The number of nitrogens with one attached hydrogen (secondary N) is 1. The summed E-state index contributed by atoms with van der Waals surface area (Å²) in [5, 5.41) is 3.10. The van der Waals surface area contributed by atoms with Crippen molar-refractivity contribution in [3.63, 3.8) is 0 Å². The molecular weight excluding hydrogens is 581 g/mol. The van der Waals surface area contributed by atoms with E-state index < -0.39 is 34.6 Å². The lowest BCUT2D eigenvalue weighted by molar-refractivity contribution is 0.102. The second-order valence-electron chi connectivity index (χ2n) is 10.4. The van der Waals surface area contributed by atoms with Crippen molar-refractivity contribution < 1.29 is 18.0 Å². The van der Waals surface area contributed by atoms with Gasteiger partial charge in [-0.25, -0.2) is 18.2 Å². The lowest BCUT2D eigenvalue weighted by Crippen LogP contribution is -2.30. The Labute approximate surface area is 259 Å². The number of likely N-dealkylation sites (N-methyl/N-ethyl adjacent to an activating group) is 2. The molecule has 11 heteroatoms. The molecule has 0 bridgehead atoms. The first-order chi connectivity index (χ1) is 21.5. The zero-order chi connectivity index (χ0) is 32.8. The van der Waals surface area contributed by atoms with E-state index in [0.29, 0.717) is 41.0 Å². The first kappa shape index (κ1) is 32.9. The van der Waals surface area contributed by atoms with Gasteiger partial charge >= 0.3 is 0 Å². The number of benzene rings is 3. The zero-order valence-electron chi connectivity index (χ0n) is 26.0. The molecule has 0 atom stereocenters. The summed E-state index contributed by atoms with van der Waals surface area (Å²) in [5.74, 6) is -2.48. The van der Waals surface area contributed by atoms with Crippen LogP contribution in [0.1, 0.15) is 29.8 Å². The minimum atomic E-state index is -0.923. The van der Waals surface area contributed by atoms with Crippen LogP contribution in [0, 0.1) is 24.4 Å². The number of para-hydroxylation sites is 1. The molecule has 8 nitrogen and oxygen atoms in total. The molecule has 0 spiro atoms. The van der Waals surface area contributed by atoms with E-state index in [0.717, 1.165) is 22.3 Å². The number of halogens is 3. The van der Waals surface area contributed by atoms with E-state index in [9.17, 15) is 14.0 Å². The Morgan fingerprint density at radius 1 is 0.867 bits per heavy atom. The van der Waals surface area contributed by atoms with Crippen molar-refractivity contribution in [2.75, 3.05) is 44.4 Å². The number of hydrogen-bond acceptors (Lipinski definition) is 6. The number of fused-ring (bicyclic) bond motifs is 1. The number of aromatic nitrogens is 3. The summed E-state index contributed by atoms with van der Waals surface area (Å²) >= 11 is 0. The molecule has 0 saturated carbocycles. The molecule has 0 aliphatic rings. The number of carbonyl (C=O) groups excluding carboxylic acids is 1. The average Bonchev–Trinajstić information content (AvgIpc) is 3.02. The first-order valence-corrected chi connectivity index (χ1v) is 14.5. The highest BCUT2D eigenvalue weighted by Crippen LogP contribution is 2.32. The Morgan fingerprint density at radius 2 is 1.53 bits per heavy atom. The fraction of sp³-hybridized carbons (Fsp3) is 0.235. The van der Waals surface area contributed by atoms with Gasteiger partial charge in [0, 0.05) is 48.4 Å². The van der Waals surface area contributed by atoms with Crippen LogP contribution in [0.4, 0.5) is 24.8 Å². The number of carbonyl (C=O) groups is 1. The van der Waals surface area contributed by atoms with Crippen molar-refractivity contribution in [2.45, 2.75) is 20.8 Å². The van der Waals surface area contributed by atoms with Crippen LogP contribution in [0.2, 0.25) is 0 Å². The van der Waals surface area contributed by atoms with Crippen LogP contribution in [-0.2, 0) is 0 Å². The molecular formula is C34H35F3N6O2. The molecule has 0 unspecified atom stereocenters. The van der Waals surface area contributed by atoms with Gasteiger partial charge in [0.05, 0.1) is 5.69 Å². The molecule has 5 rings (SSSR count). The molecule has 2 heterocycles. The molecule has 234 valence electrons. The second kappa shape index (κ2) is 14.2. The van der Waals surface area contributed by atoms with Crippen molar-refractivity contribution >= 4 is 28.6 Å². The SMILES string of the molecule is CC.Cc1ccc(C(=O)Nc2ccc(F)cc2)cc1-c1nc(N(C)CCN(C)C)nc2c1ccc(=O)n2-c1c(F)cccc1F. The molecule has 0 fully saturated rings. The summed E-state index contributed by atoms with van der Waals surface area (Å²) in [4.78, 5) is 39.5. The van der Waals surface area contributed by atoms with Crippen molar-refractivity contribution in [1.29, 1.82) is 0 Å². The average molecular weight is 617 g/mol. The summed E-state index contributed by atoms with van der Waals surface area (Å²) in [5.41, 5.74) is 1.19. The smallest absolute Gasteiger partial charge is 0.256 e. The van der Waals surface area contributed by atoms with Gasteiger partial charge in [-0.1, -0.05) is 26.0 Å². The molecule has 0 radical (unpaired) electrons. The highest BCUT2D eigenvalue weighted by molar-refractivity contribution is 6.05. The van der Waals surface area contributed by atoms with E-state index in [4.69, 9.17) is 4.98 Å². The lowest BCUT2D eigenvalue weighted by atomic mass is 9.99. The number of rotatable bonds is 8. The Kier molecular flexibility index (Phi) is 10.4. The topological polar surface area (TPSA) is 83.4 Å². The maximum absolute atomic E-state index is 15.0. The number of nitrogens with zero attached hydrogens (tertiary/aromatic N) is 5. The minimum Gasteiger partial charge on any atom is -0.343 e. The highest BCUT2D eigenvalue weighted by Gasteiger charge is 2.22. The maximum Gasteiger partial charge on any atom is 0.256 e. The predicted octanol–water partition coefficient (Wildman–Crippen LogP) is 6.45. The van der Waals surface area contributed by atoms with Gasteiger partial charge < -0.3 is 15.1 Å². The number of pyridine rings is 1. The molecule has 5 aromatic rings. The van der Waals surface area contributed by atoms with Gasteiger partial charge in [0.2, 0.25) is 5.95 Å². The monoisotopic (exact) mass is 616 g/mol. The summed E-state index contributed by atoms with van der Waals surface area (Å²) in [6.45, 7) is 7.02. The number of amides is 1. The van der Waals surface area contributed by atoms with Gasteiger partial charge in [0.1, 0.15) is 23.1 Å². The van der Waals surface area contributed by atoms with Crippen LogP contribution < -0.4 is 15.8 Å². The molecule has 3 aromatic carbocycles. The number of anilines is 2. The van der Waals surface area contributed by atoms with Crippen molar-refractivity contribution in [3.05, 3.63) is 112 Å². The van der Waals surface area contributed by atoms with Crippen molar-refractivity contribution in [1.82, 2.24) is 19.4 Å². The lowest BCUT2D eigenvalue weighted by Gasteiger charge is -2.22. The molecule has 2 aromatic heterocycles. The third-order valence-electron chi connectivity index (χ3n) is 6.98. The minimum absolute atomic E-state index is 0.00812. The first-order valence-electron chi connectivity index (χ1n) is 14.5. The Morgan fingerprint density at radius 3 is 2.18 bits per heavy atom. The van der Waals surface area contributed by atoms with Gasteiger partial charge in [-0.2, -0.15) is 4.98 Å². The van der Waals surface area contributed by atoms with Gasteiger partial charge in [0.25, 0.3) is 11.5 Å². The third-order valence-corrected chi connectivity index (χ3v) is 6.98. The molecule has 0 aliphatic heterocycles. The normalized spacial score (nSPS) is 10.9. The summed E-state index contributed by atoms with van der Waals surface area (Å²) in [6.07, 6.45) is 0. The maximum atomic E-state index is 15.0. The predicted molar refractivity (Wildman–Crippen MR) is 173 cm³/mol. The van der Waals surface area contributed by atoms with Crippen LogP contribution in [0.5, 0.6) is 0 Å². The second-order valence-corrected chi connectivity index (χ2v) is 10.4. The van der Waals surface area contributed by atoms with E-state index in [1.54, 1.807) is 30.1 Å². The van der Waals surface area contributed by atoms with Crippen LogP contribution in [-0.4, -0.2) is 59.6 Å². The number of hydrogen-bond donors (Lipinski definition) is 1. The Bertz CT molecular complexity index is 1870. The third kappa shape index (κ3) is 7.21. The summed E-state index contributed by atoms with van der Waals surface area (Å²) in [6, 6.07) is 16.5. The fourth-order valence-corrected chi connectivity index (χ4v) is 4.60. The molecule has 1 amide bonds. The van der Waals surface area contributed by atoms with Crippen LogP contribution >= 0.6 is 0 Å². The van der Waals surface area contributed by atoms with E-state index in [2.05, 4.69) is 10.3 Å². The van der Waals surface area contributed by atoms with E-state index in [1.165, 1.54) is 42.5 Å². The molecule has 45 heavy (non-hydrogen) atoms. The zero-order valence-corrected chi connectivity index (χ0v) is 26.0. The standard InChI is InChI=1S/C32H29F3N6O2.C2H6/c1-19-8-9-20(31(43)36-22-12-10-21(33)11-13-22)18-24(19)28-23-14-15-27(42)41(29-25(34)6-5-7-26(29)35)30(23)38-32(37-28)40(4)17-16-39(2)3;1-2/h5-15,18H,16-17H2,1-4H3,(H,36,43);1-2H3. The fourth-order valence-electron chi connectivity index (χ4n) is 4.60. The Balaban J connectivity index is 0.00000226. The van der Waals surface area contributed by atoms with Crippen LogP contribution in [0.3, 0.4) is 0 Å². The highest BCUT2D eigenvalue weighted by atomic mass is 19.1. The largest absolute Gasteiger partial charge is 0.343 e. The quantitative estimate of drug-likeness (QED) is 0.216. The molecule has 0 aliphatic carbocycles. The van der Waals surface area contributed by atoms with Gasteiger partial charge in [-0.05, 0) is 81.2 Å². The van der Waals surface area contributed by atoms with Gasteiger partial charge in [-0.3, -0.25) is 14.2 Å². The van der Waals surface area contributed by atoms with Crippen LogP contribution in [0.15, 0.2) is 77.6 Å². The van der Waals surface area contributed by atoms with E-state index in [1.807, 2.05) is 39.8 Å². The van der Waals surface area contributed by atoms with Crippen molar-refractivity contribution in [3.8, 4) is 16.9 Å².